The second-order valence-corrected chi connectivity index (χ2v) is 5.30. The Morgan fingerprint density at radius 2 is 1.87 bits per heavy atom. The third-order valence-corrected chi connectivity index (χ3v) is 3.63. The summed E-state index contributed by atoms with van der Waals surface area (Å²) >= 11 is 0. The molecule has 1 amide bonds. The van der Waals surface area contributed by atoms with E-state index in [9.17, 15) is 4.79 Å². The summed E-state index contributed by atoms with van der Waals surface area (Å²) in [6.07, 6.45) is 0. The second-order valence-electron chi connectivity index (χ2n) is 5.30. The van der Waals surface area contributed by atoms with Gasteiger partial charge in [-0.25, -0.2) is 0 Å². The van der Waals surface area contributed by atoms with Gasteiger partial charge in [-0.15, -0.1) is 0 Å². The molecule has 2 aromatic carbocycles. The van der Waals surface area contributed by atoms with Crippen LogP contribution in [0, 0.1) is 6.92 Å². The van der Waals surface area contributed by atoms with Gasteiger partial charge in [0.2, 0.25) is 0 Å². The Hall–Kier alpha value is -2.69. The molecule has 2 rings (SSSR count). The largest absolute Gasteiger partial charge is 0.493 e. The number of aryl methyl sites for hydroxylation is 1. The topological polar surface area (TPSA) is 64.8 Å². The van der Waals surface area contributed by atoms with Crippen LogP contribution in [0.15, 0.2) is 42.5 Å². The zero-order chi connectivity index (χ0) is 16.8. The minimum absolute atomic E-state index is 0.0830. The van der Waals surface area contributed by atoms with Crippen molar-refractivity contribution in [2.24, 2.45) is 0 Å². The smallest absolute Gasteiger partial charge is 0.253 e. The average molecular weight is 314 g/mol. The average Bonchev–Trinajstić information content (AvgIpc) is 2.57. The molecule has 0 aliphatic rings. The SMILES string of the molecule is COc1ccccc1OCCN(C)C(=O)c1ccc(C)c(N)c1. The molecule has 2 N–H and O–H groups in total. The normalized spacial score (nSPS) is 10.2. The van der Waals surface area contributed by atoms with Gasteiger partial charge in [0.1, 0.15) is 6.61 Å². The van der Waals surface area contributed by atoms with Crippen molar-refractivity contribution < 1.29 is 14.3 Å². The van der Waals surface area contributed by atoms with Crippen molar-refractivity contribution in [1.82, 2.24) is 4.90 Å². The summed E-state index contributed by atoms with van der Waals surface area (Å²) < 4.78 is 10.9. The Kier molecular flexibility index (Phi) is 5.46. The summed E-state index contributed by atoms with van der Waals surface area (Å²) in [4.78, 5) is 14.0. The van der Waals surface area contributed by atoms with Crippen LogP contribution in [0.25, 0.3) is 0 Å². The lowest BCUT2D eigenvalue weighted by Crippen LogP contribution is -2.31. The number of methoxy groups -OCH3 is 1. The third-order valence-electron chi connectivity index (χ3n) is 3.63. The second kappa shape index (κ2) is 7.54. The first kappa shape index (κ1) is 16.7. The first-order chi connectivity index (χ1) is 11.0. The van der Waals surface area contributed by atoms with E-state index >= 15 is 0 Å². The number of carbonyl (C=O) groups is 1. The van der Waals surface area contributed by atoms with Gasteiger partial charge in [-0.2, -0.15) is 0 Å². The van der Waals surface area contributed by atoms with E-state index in [-0.39, 0.29) is 5.91 Å². The number of hydrogen-bond acceptors (Lipinski definition) is 4. The van der Waals surface area contributed by atoms with Gasteiger partial charge in [0.25, 0.3) is 5.91 Å². The molecule has 0 unspecified atom stereocenters. The summed E-state index contributed by atoms with van der Waals surface area (Å²) in [5, 5.41) is 0. The minimum atomic E-state index is -0.0830. The third kappa shape index (κ3) is 4.16. The maximum absolute atomic E-state index is 12.4. The van der Waals surface area contributed by atoms with Crippen LogP contribution in [0.4, 0.5) is 5.69 Å². The first-order valence-corrected chi connectivity index (χ1v) is 7.40. The maximum atomic E-state index is 12.4. The Labute approximate surface area is 136 Å². The van der Waals surface area contributed by atoms with Gasteiger partial charge in [-0.05, 0) is 36.8 Å². The van der Waals surface area contributed by atoms with Crippen LogP contribution >= 0.6 is 0 Å². The van der Waals surface area contributed by atoms with Crippen LogP contribution in [0.5, 0.6) is 11.5 Å². The first-order valence-electron chi connectivity index (χ1n) is 7.40. The van der Waals surface area contributed by atoms with Crippen molar-refractivity contribution in [2.75, 3.05) is 33.0 Å². The van der Waals surface area contributed by atoms with E-state index in [1.54, 1.807) is 31.2 Å². The molecule has 23 heavy (non-hydrogen) atoms. The van der Waals surface area contributed by atoms with Crippen molar-refractivity contribution in [3.05, 3.63) is 53.6 Å². The van der Waals surface area contributed by atoms with Gasteiger partial charge in [0.05, 0.1) is 13.7 Å². The molecule has 0 saturated heterocycles. The molecule has 0 saturated carbocycles. The highest BCUT2D eigenvalue weighted by molar-refractivity contribution is 5.95. The number of likely N-dealkylation sites (N-methyl/N-ethyl adjacent to an activating group) is 1. The number of benzene rings is 2. The number of rotatable bonds is 6. The van der Waals surface area contributed by atoms with Crippen molar-refractivity contribution in [2.45, 2.75) is 6.92 Å². The van der Waals surface area contributed by atoms with Gasteiger partial charge in [-0.3, -0.25) is 4.79 Å². The molecular weight excluding hydrogens is 292 g/mol. The molecule has 2 aromatic rings. The molecular formula is C18H22N2O3. The predicted molar refractivity (Wildman–Crippen MR) is 91.0 cm³/mol. The summed E-state index contributed by atoms with van der Waals surface area (Å²) in [6.45, 7) is 2.75. The van der Waals surface area contributed by atoms with Gasteiger partial charge in [0.15, 0.2) is 11.5 Å². The number of hydrogen-bond donors (Lipinski definition) is 1. The molecule has 0 spiro atoms. The van der Waals surface area contributed by atoms with Crippen molar-refractivity contribution >= 4 is 11.6 Å². The molecule has 0 heterocycles. The van der Waals surface area contributed by atoms with Gasteiger partial charge in [0, 0.05) is 18.3 Å². The number of anilines is 1. The zero-order valence-electron chi connectivity index (χ0n) is 13.7. The van der Waals surface area contributed by atoms with E-state index in [2.05, 4.69) is 0 Å². The fourth-order valence-electron chi connectivity index (χ4n) is 2.13. The summed E-state index contributed by atoms with van der Waals surface area (Å²) in [7, 11) is 3.34. The van der Waals surface area contributed by atoms with Crippen LogP contribution in [0.3, 0.4) is 0 Å². The lowest BCUT2D eigenvalue weighted by molar-refractivity contribution is 0.0773. The lowest BCUT2D eigenvalue weighted by Gasteiger charge is -2.18. The van der Waals surface area contributed by atoms with E-state index in [1.165, 1.54) is 0 Å². The summed E-state index contributed by atoms with van der Waals surface area (Å²) in [5.74, 6) is 1.25. The highest BCUT2D eigenvalue weighted by Gasteiger charge is 2.13. The quantitative estimate of drug-likeness (QED) is 0.833. The Bertz CT molecular complexity index is 686. The fraction of sp³-hybridized carbons (Fsp3) is 0.278. The van der Waals surface area contributed by atoms with E-state index in [4.69, 9.17) is 15.2 Å². The number of nitrogens with zero attached hydrogens (tertiary/aromatic N) is 1. The fourth-order valence-corrected chi connectivity index (χ4v) is 2.13. The maximum Gasteiger partial charge on any atom is 0.253 e. The molecule has 0 bridgehead atoms. The Morgan fingerprint density at radius 3 is 2.52 bits per heavy atom. The number of amides is 1. The molecule has 0 atom stereocenters. The summed E-state index contributed by atoms with van der Waals surface area (Å²) in [5.41, 5.74) is 8.02. The van der Waals surface area contributed by atoms with E-state index in [0.29, 0.717) is 35.9 Å². The van der Waals surface area contributed by atoms with Crippen LogP contribution in [0.2, 0.25) is 0 Å². The van der Waals surface area contributed by atoms with Crippen LogP contribution in [-0.4, -0.2) is 38.1 Å². The van der Waals surface area contributed by atoms with Gasteiger partial charge in [-0.1, -0.05) is 18.2 Å². The predicted octanol–water partition coefficient (Wildman–Crippen LogP) is 2.74. The van der Waals surface area contributed by atoms with E-state index < -0.39 is 0 Å². The number of para-hydroxylation sites is 2. The molecule has 5 heteroatoms. The molecule has 5 nitrogen and oxygen atoms in total. The summed E-state index contributed by atoms with van der Waals surface area (Å²) in [6, 6.07) is 12.8. The van der Waals surface area contributed by atoms with Crippen molar-refractivity contribution in [1.29, 1.82) is 0 Å². The number of ether oxygens (including phenoxy) is 2. The monoisotopic (exact) mass is 314 g/mol. The molecule has 0 aromatic heterocycles. The Balaban J connectivity index is 1.92. The Morgan fingerprint density at radius 1 is 1.17 bits per heavy atom. The highest BCUT2D eigenvalue weighted by Crippen LogP contribution is 2.25. The number of nitrogens with two attached hydrogens (primary N) is 1. The van der Waals surface area contributed by atoms with E-state index in [1.807, 2.05) is 37.3 Å². The van der Waals surface area contributed by atoms with Gasteiger partial charge >= 0.3 is 0 Å². The standard InChI is InChI=1S/C18H22N2O3/c1-13-8-9-14(12-15(13)19)18(21)20(2)10-11-23-17-7-5-4-6-16(17)22-3/h4-9,12H,10-11,19H2,1-3H3. The molecule has 0 aliphatic carbocycles. The van der Waals surface area contributed by atoms with E-state index in [0.717, 1.165) is 5.56 Å². The minimum Gasteiger partial charge on any atom is -0.493 e. The van der Waals surface area contributed by atoms with Crippen molar-refractivity contribution in [3.8, 4) is 11.5 Å². The molecule has 0 radical (unpaired) electrons. The van der Waals surface area contributed by atoms with Crippen LogP contribution in [-0.2, 0) is 0 Å². The number of carbonyl (C=O) groups excluding carboxylic acids is 1. The number of nitrogen functional groups attached to an aromatic ring is 1. The van der Waals surface area contributed by atoms with Crippen LogP contribution in [0.1, 0.15) is 15.9 Å². The highest BCUT2D eigenvalue weighted by atomic mass is 16.5. The van der Waals surface area contributed by atoms with Gasteiger partial charge < -0.3 is 20.1 Å². The molecule has 122 valence electrons. The van der Waals surface area contributed by atoms with Crippen molar-refractivity contribution in [3.63, 3.8) is 0 Å². The molecule has 0 aliphatic heterocycles. The van der Waals surface area contributed by atoms with Crippen LogP contribution < -0.4 is 15.2 Å². The zero-order valence-corrected chi connectivity index (χ0v) is 13.7. The molecule has 0 fully saturated rings. The lowest BCUT2D eigenvalue weighted by atomic mass is 10.1.